The molecule has 0 amide bonds. The van der Waals surface area contributed by atoms with Crippen LogP contribution in [0.5, 0.6) is 5.75 Å². The first-order chi connectivity index (χ1) is 12.5. The number of nitrogens with one attached hydrogen (secondary N) is 1. The number of rotatable bonds is 6. The van der Waals surface area contributed by atoms with E-state index in [9.17, 15) is 13.2 Å². The maximum atomic E-state index is 13.0. The number of hydrogen-bond donors (Lipinski definition) is 1. The van der Waals surface area contributed by atoms with E-state index >= 15 is 0 Å². The molecule has 4 nitrogen and oxygen atoms in total. The molecule has 0 bridgehead atoms. The smallest absolute Gasteiger partial charge is 0.433 e. The van der Waals surface area contributed by atoms with Crippen molar-refractivity contribution in [2.45, 2.75) is 18.7 Å². The maximum absolute atomic E-state index is 13.0. The minimum atomic E-state index is -4.49. The van der Waals surface area contributed by atoms with E-state index in [4.69, 9.17) is 4.74 Å². The molecule has 0 radical (unpaired) electrons. The normalized spacial score (nSPS) is 12.9. The lowest BCUT2D eigenvalue weighted by atomic mass is 10.1. The molecule has 0 saturated carbocycles. The predicted molar refractivity (Wildman–Crippen MR) is 92.9 cm³/mol. The highest BCUT2D eigenvalue weighted by Gasteiger charge is 2.33. The molecule has 2 aromatic heterocycles. The van der Waals surface area contributed by atoms with Gasteiger partial charge in [0.2, 0.25) is 0 Å². The first-order valence-corrected chi connectivity index (χ1v) is 8.18. The molecule has 7 heteroatoms. The molecule has 1 aromatic carbocycles. The zero-order chi connectivity index (χ0) is 18.6. The molecule has 136 valence electrons. The molecule has 0 aliphatic rings. The fourth-order valence-electron chi connectivity index (χ4n) is 2.66. The highest BCUT2D eigenvalue weighted by atomic mass is 19.4. The number of pyridine rings is 2. The third kappa shape index (κ3) is 4.11. The van der Waals surface area contributed by atoms with Gasteiger partial charge in [0.25, 0.3) is 0 Å². The number of benzene rings is 1. The average Bonchev–Trinajstić information content (AvgIpc) is 2.64. The van der Waals surface area contributed by atoms with Crippen LogP contribution in [0.25, 0.3) is 10.9 Å². The Hall–Kier alpha value is -2.67. The SMILES string of the molecule is CNCCC(Oc1cccc2ncccc12)c1cccc(C(F)(F)F)n1. The van der Waals surface area contributed by atoms with E-state index in [-0.39, 0.29) is 5.69 Å². The maximum Gasteiger partial charge on any atom is 0.433 e. The zero-order valence-electron chi connectivity index (χ0n) is 14.1. The first-order valence-electron chi connectivity index (χ1n) is 8.18. The Morgan fingerprint density at radius 1 is 1.08 bits per heavy atom. The Labute approximate surface area is 149 Å². The molecule has 3 rings (SSSR count). The molecule has 3 aromatic rings. The van der Waals surface area contributed by atoms with Crippen molar-refractivity contribution in [2.24, 2.45) is 0 Å². The molecule has 0 aliphatic carbocycles. The van der Waals surface area contributed by atoms with Crippen LogP contribution >= 0.6 is 0 Å². The van der Waals surface area contributed by atoms with Gasteiger partial charge in [0.1, 0.15) is 17.5 Å². The van der Waals surface area contributed by atoms with Crippen molar-refractivity contribution in [3.63, 3.8) is 0 Å². The standard InChI is InChI=1S/C19H18F3N3O/c1-23-12-10-17(15-7-3-9-18(25-15)19(20,21)22)26-16-8-2-6-14-13(16)5-4-11-24-14/h2-9,11,17,23H,10,12H2,1H3. The second-order valence-electron chi connectivity index (χ2n) is 5.77. The number of alkyl halides is 3. The number of ether oxygens (including phenoxy) is 1. The van der Waals surface area contributed by atoms with Gasteiger partial charge in [-0.05, 0) is 50.0 Å². The lowest BCUT2D eigenvalue weighted by Gasteiger charge is -2.20. The van der Waals surface area contributed by atoms with Gasteiger partial charge in [0.15, 0.2) is 0 Å². The van der Waals surface area contributed by atoms with Gasteiger partial charge in [0.05, 0.1) is 11.2 Å². The van der Waals surface area contributed by atoms with Crippen molar-refractivity contribution in [3.8, 4) is 5.75 Å². The minimum absolute atomic E-state index is 0.246. The lowest BCUT2D eigenvalue weighted by molar-refractivity contribution is -0.141. The minimum Gasteiger partial charge on any atom is -0.483 e. The third-order valence-corrected chi connectivity index (χ3v) is 3.92. The van der Waals surface area contributed by atoms with Gasteiger partial charge < -0.3 is 10.1 Å². The van der Waals surface area contributed by atoms with Crippen molar-refractivity contribution in [2.75, 3.05) is 13.6 Å². The number of hydrogen-bond acceptors (Lipinski definition) is 4. The van der Waals surface area contributed by atoms with Gasteiger partial charge in [-0.15, -0.1) is 0 Å². The monoisotopic (exact) mass is 361 g/mol. The Kier molecular flexibility index (Phi) is 5.37. The quantitative estimate of drug-likeness (QED) is 0.708. The first kappa shape index (κ1) is 18.1. The summed E-state index contributed by atoms with van der Waals surface area (Å²) in [6.45, 7) is 0.575. The van der Waals surface area contributed by atoms with Gasteiger partial charge >= 0.3 is 6.18 Å². The Balaban J connectivity index is 1.96. The molecule has 0 spiro atoms. The summed E-state index contributed by atoms with van der Waals surface area (Å²) in [6.07, 6.45) is -2.96. The van der Waals surface area contributed by atoms with Crippen LogP contribution < -0.4 is 10.1 Å². The van der Waals surface area contributed by atoms with Gasteiger partial charge in [-0.3, -0.25) is 4.98 Å². The van der Waals surface area contributed by atoms with E-state index in [0.29, 0.717) is 18.7 Å². The van der Waals surface area contributed by atoms with Crippen molar-refractivity contribution < 1.29 is 17.9 Å². The molecule has 26 heavy (non-hydrogen) atoms. The van der Waals surface area contributed by atoms with E-state index in [2.05, 4.69) is 15.3 Å². The molecule has 0 aliphatic heterocycles. The molecule has 1 N–H and O–H groups in total. The highest BCUT2D eigenvalue weighted by molar-refractivity contribution is 5.84. The lowest BCUT2D eigenvalue weighted by Crippen LogP contribution is -2.19. The van der Waals surface area contributed by atoms with E-state index in [1.807, 2.05) is 12.1 Å². The van der Waals surface area contributed by atoms with Crippen LogP contribution in [0.15, 0.2) is 54.7 Å². The molecule has 1 unspecified atom stereocenters. The van der Waals surface area contributed by atoms with Crippen LogP contribution in [0.1, 0.15) is 23.9 Å². The van der Waals surface area contributed by atoms with Crippen LogP contribution in [-0.2, 0) is 6.18 Å². The summed E-state index contributed by atoms with van der Waals surface area (Å²) >= 11 is 0. The zero-order valence-corrected chi connectivity index (χ0v) is 14.1. The van der Waals surface area contributed by atoms with Crippen molar-refractivity contribution >= 4 is 10.9 Å². The van der Waals surface area contributed by atoms with E-state index in [0.717, 1.165) is 17.0 Å². The van der Waals surface area contributed by atoms with E-state index < -0.39 is 18.0 Å². The third-order valence-electron chi connectivity index (χ3n) is 3.92. The number of aromatic nitrogens is 2. The fourth-order valence-corrected chi connectivity index (χ4v) is 2.66. The second kappa shape index (κ2) is 7.70. The molecule has 2 heterocycles. The average molecular weight is 361 g/mol. The molecule has 1 atom stereocenters. The van der Waals surface area contributed by atoms with Gasteiger partial charge in [0, 0.05) is 18.0 Å². The summed E-state index contributed by atoms with van der Waals surface area (Å²) in [5.74, 6) is 0.566. The largest absolute Gasteiger partial charge is 0.483 e. The summed E-state index contributed by atoms with van der Waals surface area (Å²) in [7, 11) is 1.78. The summed E-state index contributed by atoms with van der Waals surface area (Å²) in [5, 5.41) is 3.80. The Morgan fingerprint density at radius 2 is 1.88 bits per heavy atom. The van der Waals surface area contributed by atoms with Crippen molar-refractivity contribution in [1.29, 1.82) is 0 Å². The summed E-state index contributed by atoms with van der Waals surface area (Å²) < 4.78 is 45.1. The van der Waals surface area contributed by atoms with Gasteiger partial charge in [-0.25, -0.2) is 4.98 Å². The fraction of sp³-hybridized carbons (Fsp3) is 0.263. The topological polar surface area (TPSA) is 47.0 Å². The van der Waals surface area contributed by atoms with E-state index in [1.165, 1.54) is 6.07 Å². The van der Waals surface area contributed by atoms with Crippen LogP contribution in [0.3, 0.4) is 0 Å². The second-order valence-corrected chi connectivity index (χ2v) is 5.77. The summed E-state index contributed by atoms with van der Waals surface area (Å²) in [6, 6.07) is 13.0. The van der Waals surface area contributed by atoms with Crippen LogP contribution in [0, 0.1) is 0 Å². The summed E-state index contributed by atoms with van der Waals surface area (Å²) in [4.78, 5) is 8.05. The van der Waals surface area contributed by atoms with E-state index in [1.54, 1.807) is 37.5 Å². The Morgan fingerprint density at radius 3 is 2.65 bits per heavy atom. The molecular formula is C19H18F3N3O. The molecule has 0 fully saturated rings. The van der Waals surface area contributed by atoms with Crippen LogP contribution in [-0.4, -0.2) is 23.6 Å². The number of fused-ring (bicyclic) bond motifs is 1. The molecular weight excluding hydrogens is 343 g/mol. The van der Waals surface area contributed by atoms with Crippen LogP contribution in [0.2, 0.25) is 0 Å². The van der Waals surface area contributed by atoms with Gasteiger partial charge in [-0.2, -0.15) is 13.2 Å². The number of halogens is 3. The number of nitrogens with zero attached hydrogens (tertiary/aromatic N) is 2. The van der Waals surface area contributed by atoms with Gasteiger partial charge in [-0.1, -0.05) is 12.1 Å². The van der Waals surface area contributed by atoms with Crippen LogP contribution in [0.4, 0.5) is 13.2 Å². The summed E-state index contributed by atoms with van der Waals surface area (Å²) in [5.41, 5.74) is 0.0815. The predicted octanol–water partition coefficient (Wildman–Crippen LogP) is 4.38. The highest BCUT2D eigenvalue weighted by Crippen LogP contribution is 2.32. The molecule has 0 saturated heterocycles. The Bertz CT molecular complexity index is 878. The van der Waals surface area contributed by atoms with Crippen molar-refractivity contribution in [1.82, 2.24) is 15.3 Å². The van der Waals surface area contributed by atoms with Crippen molar-refractivity contribution in [3.05, 3.63) is 66.1 Å².